The highest BCUT2D eigenvalue weighted by molar-refractivity contribution is 7.88. The fourth-order valence-electron chi connectivity index (χ4n) is 2.32. The van der Waals surface area contributed by atoms with E-state index in [1.807, 2.05) is 0 Å². The van der Waals surface area contributed by atoms with Crippen molar-refractivity contribution < 1.29 is 17.2 Å². The molecule has 0 spiro atoms. The minimum atomic E-state index is -3.86. The predicted molar refractivity (Wildman–Crippen MR) is 90.4 cm³/mol. The Hall–Kier alpha value is -2.99. The van der Waals surface area contributed by atoms with E-state index in [2.05, 4.69) is 19.9 Å². The second kappa shape index (κ2) is 7.72. The van der Waals surface area contributed by atoms with Crippen LogP contribution in [-0.4, -0.2) is 39.5 Å². The van der Waals surface area contributed by atoms with Crippen molar-refractivity contribution in [3.05, 3.63) is 70.5 Å². The first-order chi connectivity index (χ1) is 12.8. The lowest BCUT2D eigenvalue weighted by Gasteiger charge is -2.09. The number of rotatable bonds is 7. The average Bonchev–Trinajstić information content (AvgIpc) is 3.09. The van der Waals surface area contributed by atoms with Crippen LogP contribution in [0.5, 0.6) is 0 Å². The lowest BCUT2D eigenvalue weighted by molar-refractivity contribution is 0.541. The van der Waals surface area contributed by atoms with Crippen LogP contribution in [0.4, 0.5) is 8.78 Å². The molecule has 0 atom stereocenters. The van der Waals surface area contributed by atoms with Crippen molar-refractivity contribution >= 4 is 10.0 Å². The van der Waals surface area contributed by atoms with Gasteiger partial charge >= 0.3 is 0 Å². The van der Waals surface area contributed by atoms with E-state index in [9.17, 15) is 22.0 Å². The summed E-state index contributed by atoms with van der Waals surface area (Å²) in [5.74, 6) is -1.98. The van der Waals surface area contributed by atoms with Crippen LogP contribution in [0.15, 0.2) is 47.8 Å². The minimum absolute atomic E-state index is 0.0246. The Morgan fingerprint density at radius 1 is 1.11 bits per heavy atom. The SMILES string of the molecule is O=c1ccc(-n2cncn2)nn1CCNS(=O)(=O)Cc1cc(F)cc(F)c1. The van der Waals surface area contributed by atoms with E-state index in [1.165, 1.54) is 29.5 Å². The molecule has 0 unspecified atom stereocenters. The number of halogens is 2. The van der Waals surface area contributed by atoms with Crippen LogP contribution in [0.25, 0.3) is 5.82 Å². The van der Waals surface area contributed by atoms with Gasteiger partial charge in [-0.3, -0.25) is 4.79 Å². The van der Waals surface area contributed by atoms with Crippen LogP contribution in [0.1, 0.15) is 5.56 Å². The summed E-state index contributed by atoms with van der Waals surface area (Å²) >= 11 is 0. The zero-order chi connectivity index (χ0) is 19.4. The Bertz CT molecular complexity index is 1080. The maximum absolute atomic E-state index is 13.2. The molecule has 0 radical (unpaired) electrons. The fourth-order valence-corrected chi connectivity index (χ4v) is 3.43. The average molecular weight is 396 g/mol. The molecule has 27 heavy (non-hydrogen) atoms. The van der Waals surface area contributed by atoms with Crippen LogP contribution in [0.3, 0.4) is 0 Å². The maximum Gasteiger partial charge on any atom is 0.266 e. The molecule has 142 valence electrons. The van der Waals surface area contributed by atoms with Crippen LogP contribution in [-0.2, 0) is 22.3 Å². The molecule has 12 heteroatoms. The zero-order valence-electron chi connectivity index (χ0n) is 13.8. The second-order valence-electron chi connectivity index (χ2n) is 5.52. The standard InChI is InChI=1S/C15H14F2N6O3S/c16-12-5-11(6-13(17)7-12)8-27(25,26)20-3-4-22-15(24)2-1-14(21-22)23-10-18-9-19-23/h1-2,5-7,9-10,20H,3-4,8H2. The molecule has 3 rings (SSSR count). The molecule has 0 saturated carbocycles. The molecular formula is C15H14F2N6O3S. The molecular weight excluding hydrogens is 382 g/mol. The molecule has 9 nitrogen and oxygen atoms in total. The van der Waals surface area contributed by atoms with Gasteiger partial charge in [0, 0.05) is 18.7 Å². The van der Waals surface area contributed by atoms with Crippen molar-refractivity contribution in [3.63, 3.8) is 0 Å². The summed E-state index contributed by atoms with van der Waals surface area (Å²) in [6.07, 6.45) is 2.71. The van der Waals surface area contributed by atoms with Gasteiger partial charge in [-0.25, -0.2) is 36.3 Å². The Morgan fingerprint density at radius 2 is 1.85 bits per heavy atom. The van der Waals surface area contributed by atoms with E-state index in [0.717, 1.165) is 16.8 Å². The van der Waals surface area contributed by atoms with E-state index >= 15 is 0 Å². The Kier molecular flexibility index (Phi) is 5.37. The number of hydrogen-bond donors (Lipinski definition) is 1. The van der Waals surface area contributed by atoms with Crippen molar-refractivity contribution in [1.82, 2.24) is 29.3 Å². The number of hydrogen-bond acceptors (Lipinski definition) is 6. The van der Waals surface area contributed by atoms with Crippen molar-refractivity contribution in [3.8, 4) is 5.82 Å². The largest absolute Gasteiger partial charge is 0.268 e. The highest BCUT2D eigenvalue weighted by atomic mass is 32.2. The van der Waals surface area contributed by atoms with Gasteiger partial charge in [0.1, 0.15) is 24.3 Å². The van der Waals surface area contributed by atoms with Gasteiger partial charge in [0.05, 0.1) is 12.3 Å². The first kappa shape index (κ1) is 18.8. The number of benzene rings is 1. The molecule has 2 heterocycles. The van der Waals surface area contributed by atoms with Crippen molar-refractivity contribution in [2.45, 2.75) is 12.3 Å². The zero-order valence-corrected chi connectivity index (χ0v) is 14.6. The molecule has 0 aliphatic rings. The van der Waals surface area contributed by atoms with Gasteiger partial charge in [-0.1, -0.05) is 0 Å². The molecule has 0 bridgehead atoms. The molecule has 1 aromatic carbocycles. The van der Waals surface area contributed by atoms with Gasteiger partial charge < -0.3 is 0 Å². The summed E-state index contributed by atoms with van der Waals surface area (Å²) in [6.45, 7) is -0.175. The first-order valence-electron chi connectivity index (χ1n) is 7.68. The normalized spacial score (nSPS) is 11.6. The van der Waals surface area contributed by atoms with E-state index in [-0.39, 0.29) is 18.7 Å². The van der Waals surface area contributed by atoms with Crippen LogP contribution < -0.4 is 10.3 Å². The molecule has 0 aliphatic carbocycles. The van der Waals surface area contributed by atoms with Crippen molar-refractivity contribution in [1.29, 1.82) is 0 Å². The van der Waals surface area contributed by atoms with E-state index in [0.29, 0.717) is 11.9 Å². The first-order valence-corrected chi connectivity index (χ1v) is 9.33. The number of sulfonamides is 1. The lowest BCUT2D eigenvalue weighted by atomic mass is 10.2. The summed E-state index contributed by atoms with van der Waals surface area (Å²) < 4.78 is 55.1. The van der Waals surface area contributed by atoms with Gasteiger partial charge in [-0.15, -0.1) is 5.10 Å². The van der Waals surface area contributed by atoms with Gasteiger partial charge in [-0.2, -0.15) is 5.10 Å². The summed E-state index contributed by atoms with van der Waals surface area (Å²) in [7, 11) is -3.86. The monoisotopic (exact) mass is 396 g/mol. The fraction of sp³-hybridized carbons (Fsp3) is 0.200. The van der Waals surface area contributed by atoms with Gasteiger partial charge in [0.15, 0.2) is 5.82 Å². The third-order valence-corrected chi connectivity index (χ3v) is 4.79. The van der Waals surface area contributed by atoms with Gasteiger partial charge in [0.25, 0.3) is 5.56 Å². The summed E-state index contributed by atoms with van der Waals surface area (Å²) in [4.78, 5) is 15.6. The molecule has 0 aliphatic heterocycles. The van der Waals surface area contributed by atoms with E-state index < -0.39 is 33.0 Å². The third kappa shape index (κ3) is 5.01. The molecule has 0 saturated heterocycles. The van der Waals surface area contributed by atoms with Crippen LogP contribution in [0.2, 0.25) is 0 Å². The molecule has 0 fully saturated rings. The Balaban J connectivity index is 1.65. The number of aromatic nitrogens is 5. The maximum atomic E-state index is 13.2. The topological polar surface area (TPSA) is 112 Å². The molecule has 1 N–H and O–H groups in total. The predicted octanol–water partition coefficient (Wildman–Crippen LogP) is 0.222. The second-order valence-corrected chi connectivity index (χ2v) is 7.33. The third-order valence-electron chi connectivity index (χ3n) is 3.43. The lowest BCUT2D eigenvalue weighted by Crippen LogP contribution is -2.33. The van der Waals surface area contributed by atoms with Crippen molar-refractivity contribution in [2.75, 3.05) is 6.54 Å². The molecule has 2 aromatic heterocycles. The smallest absolute Gasteiger partial charge is 0.266 e. The van der Waals surface area contributed by atoms with Gasteiger partial charge in [0.2, 0.25) is 10.0 Å². The van der Waals surface area contributed by atoms with Gasteiger partial charge in [-0.05, 0) is 23.8 Å². The van der Waals surface area contributed by atoms with E-state index in [1.54, 1.807) is 0 Å². The highest BCUT2D eigenvalue weighted by Gasteiger charge is 2.13. The van der Waals surface area contributed by atoms with Crippen LogP contribution in [0, 0.1) is 11.6 Å². The van der Waals surface area contributed by atoms with E-state index in [4.69, 9.17) is 0 Å². The minimum Gasteiger partial charge on any atom is -0.268 e. The number of nitrogens with one attached hydrogen (secondary N) is 1. The summed E-state index contributed by atoms with van der Waals surface area (Å²) in [5, 5.41) is 7.96. The number of nitrogens with zero attached hydrogens (tertiary/aromatic N) is 5. The Labute approximate surface area is 152 Å². The molecule has 0 amide bonds. The van der Waals surface area contributed by atoms with Crippen molar-refractivity contribution in [2.24, 2.45) is 0 Å². The molecule has 3 aromatic rings. The van der Waals surface area contributed by atoms with Crippen LogP contribution >= 0.6 is 0 Å². The summed E-state index contributed by atoms with van der Waals surface area (Å²) in [6, 6.07) is 5.26. The Morgan fingerprint density at radius 3 is 2.52 bits per heavy atom. The quantitative estimate of drug-likeness (QED) is 0.612. The summed E-state index contributed by atoms with van der Waals surface area (Å²) in [5.41, 5.74) is -0.450. The highest BCUT2D eigenvalue weighted by Crippen LogP contribution is 2.10.